The number of halogens is 1. The number of aliphatic hydroxyl groups excluding tert-OH is 1. The van der Waals surface area contributed by atoms with Crippen LogP contribution in [-0.2, 0) is 4.79 Å². The highest BCUT2D eigenvalue weighted by molar-refractivity contribution is 9.10. The van der Waals surface area contributed by atoms with Crippen molar-refractivity contribution in [1.82, 2.24) is 5.32 Å². The highest BCUT2D eigenvalue weighted by atomic mass is 79.9. The largest absolute Gasteiger partial charge is 0.394 e. The van der Waals surface area contributed by atoms with Crippen LogP contribution in [0.5, 0.6) is 0 Å². The van der Waals surface area contributed by atoms with Crippen LogP contribution >= 0.6 is 15.9 Å². The van der Waals surface area contributed by atoms with E-state index in [1.54, 1.807) is 32.0 Å². The first-order valence-corrected chi connectivity index (χ1v) is 6.93. The summed E-state index contributed by atoms with van der Waals surface area (Å²) >= 11 is 3.31. The fourth-order valence-electron chi connectivity index (χ4n) is 1.58. The molecule has 0 radical (unpaired) electrons. The highest BCUT2D eigenvalue weighted by Gasteiger charge is 2.19. The van der Waals surface area contributed by atoms with Crippen molar-refractivity contribution >= 4 is 27.6 Å². The van der Waals surface area contributed by atoms with E-state index in [-0.39, 0.29) is 30.8 Å². The quantitative estimate of drug-likeness (QED) is 0.787. The Hall–Kier alpha value is -1.20. The van der Waals surface area contributed by atoms with Gasteiger partial charge in [-0.1, -0.05) is 35.0 Å². The van der Waals surface area contributed by atoms with Crippen LogP contribution in [0.25, 0.3) is 0 Å². The van der Waals surface area contributed by atoms with Crippen molar-refractivity contribution in [2.45, 2.75) is 26.3 Å². The van der Waals surface area contributed by atoms with Crippen LogP contribution in [0, 0.1) is 5.92 Å². The van der Waals surface area contributed by atoms with Gasteiger partial charge in [-0.05, 0) is 19.1 Å². The monoisotopic (exact) mass is 327 g/mol. The Balaban J connectivity index is 2.59. The third-order valence-electron chi connectivity index (χ3n) is 2.75. The average molecular weight is 328 g/mol. The molecule has 2 unspecified atom stereocenters. The molecule has 0 saturated heterocycles. The molecule has 1 aromatic rings. The molecule has 1 amide bonds. The minimum absolute atomic E-state index is 0.0689. The van der Waals surface area contributed by atoms with E-state index in [1.807, 2.05) is 6.07 Å². The maximum Gasteiger partial charge on any atom is 0.223 e. The Labute approximate surface area is 121 Å². The van der Waals surface area contributed by atoms with E-state index < -0.39 is 5.92 Å². The van der Waals surface area contributed by atoms with Crippen molar-refractivity contribution in [2.75, 3.05) is 6.61 Å². The zero-order valence-corrected chi connectivity index (χ0v) is 12.6. The van der Waals surface area contributed by atoms with Gasteiger partial charge in [0.2, 0.25) is 5.91 Å². The predicted molar refractivity (Wildman–Crippen MR) is 76.9 cm³/mol. The van der Waals surface area contributed by atoms with Gasteiger partial charge in [-0.3, -0.25) is 9.59 Å². The number of amides is 1. The molecule has 4 nitrogen and oxygen atoms in total. The van der Waals surface area contributed by atoms with Gasteiger partial charge in [0.05, 0.1) is 6.61 Å². The van der Waals surface area contributed by atoms with Crippen molar-refractivity contribution in [3.05, 3.63) is 34.3 Å². The van der Waals surface area contributed by atoms with Gasteiger partial charge in [-0.15, -0.1) is 0 Å². The molecule has 0 aromatic heterocycles. The van der Waals surface area contributed by atoms with Gasteiger partial charge in [-0.25, -0.2) is 0 Å². The predicted octanol–water partition coefficient (Wildman–Crippen LogP) is 2.16. The number of ketones is 1. The molecular formula is C14H18BrNO3. The smallest absolute Gasteiger partial charge is 0.223 e. The molecule has 2 N–H and O–H groups in total. The SMILES string of the molecule is CC(CO)NC(=O)C(C)CC(=O)c1cccc(Br)c1. The molecule has 0 bridgehead atoms. The van der Waals surface area contributed by atoms with Crippen LogP contribution in [-0.4, -0.2) is 29.4 Å². The number of hydrogen-bond donors (Lipinski definition) is 2. The molecule has 0 aliphatic heterocycles. The lowest BCUT2D eigenvalue weighted by atomic mass is 9.99. The van der Waals surface area contributed by atoms with Gasteiger partial charge >= 0.3 is 0 Å². The molecule has 2 atom stereocenters. The van der Waals surface area contributed by atoms with E-state index in [0.29, 0.717) is 5.56 Å². The van der Waals surface area contributed by atoms with Crippen molar-refractivity contribution in [2.24, 2.45) is 5.92 Å². The number of hydrogen-bond acceptors (Lipinski definition) is 3. The standard InChI is InChI=1S/C14H18BrNO3/c1-9(14(19)16-10(2)8-17)6-13(18)11-4-3-5-12(15)7-11/h3-5,7,9-10,17H,6,8H2,1-2H3,(H,16,19). The third kappa shape index (κ3) is 5.12. The molecule has 0 aliphatic carbocycles. The highest BCUT2D eigenvalue weighted by Crippen LogP contribution is 2.15. The van der Waals surface area contributed by atoms with Crippen LogP contribution in [0.3, 0.4) is 0 Å². The molecule has 0 saturated carbocycles. The van der Waals surface area contributed by atoms with E-state index in [0.717, 1.165) is 4.47 Å². The Morgan fingerprint density at radius 2 is 2.05 bits per heavy atom. The summed E-state index contributed by atoms with van der Waals surface area (Å²) in [6.45, 7) is 3.30. The molecule has 1 rings (SSSR count). The number of nitrogens with one attached hydrogen (secondary N) is 1. The Kier molecular flexibility index (Phi) is 6.18. The number of Topliss-reactive ketones (excluding diaryl/α,β-unsaturated/α-hetero) is 1. The second kappa shape index (κ2) is 7.40. The lowest BCUT2D eigenvalue weighted by molar-refractivity contribution is -0.125. The summed E-state index contributed by atoms with van der Waals surface area (Å²) in [6.07, 6.45) is 0.153. The van der Waals surface area contributed by atoms with E-state index >= 15 is 0 Å². The van der Waals surface area contributed by atoms with E-state index in [2.05, 4.69) is 21.2 Å². The lowest BCUT2D eigenvalue weighted by Crippen LogP contribution is -2.38. The van der Waals surface area contributed by atoms with Gasteiger partial charge in [0.25, 0.3) is 0 Å². The van der Waals surface area contributed by atoms with Crippen LogP contribution in [0.2, 0.25) is 0 Å². The molecule has 1 aromatic carbocycles. The normalized spacial score (nSPS) is 13.7. The number of benzene rings is 1. The van der Waals surface area contributed by atoms with Crippen molar-refractivity contribution in [3.8, 4) is 0 Å². The molecule has 0 fully saturated rings. The first-order valence-electron chi connectivity index (χ1n) is 6.14. The zero-order chi connectivity index (χ0) is 14.4. The summed E-state index contributed by atoms with van der Waals surface area (Å²) in [6, 6.07) is 6.80. The molecule has 0 heterocycles. The number of aliphatic hydroxyl groups is 1. The van der Waals surface area contributed by atoms with E-state index in [4.69, 9.17) is 5.11 Å². The maximum absolute atomic E-state index is 12.0. The Morgan fingerprint density at radius 1 is 1.37 bits per heavy atom. The van der Waals surface area contributed by atoms with Crippen molar-refractivity contribution in [1.29, 1.82) is 0 Å². The van der Waals surface area contributed by atoms with E-state index in [9.17, 15) is 9.59 Å². The molecule has 0 aliphatic rings. The maximum atomic E-state index is 12.0. The minimum atomic E-state index is -0.416. The Morgan fingerprint density at radius 3 is 2.63 bits per heavy atom. The second-order valence-electron chi connectivity index (χ2n) is 4.63. The average Bonchev–Trinajstić information content (AvgIpc) is 2.38. The van der Waals surface area contributed by atoms with Gasteiger partial charge in [0.15, 0.2) is 5.78 Å². The zero-order valence-electron chi connectivity index (χ0n) is 11.0. The summed E-state index contributed by atoms with van der Waals surface area (Å²) in [5.74, 6) is -0.703. The fraction of sp³-hybridized carbons (Fsp3) is 0.429. The topological polar surface area (TPSA) is 66.4 Å². The third-order valence-corrected chi connectivity index (χ3v) is 3.24. The molecule has 19 heavy (non-hydrogen) atoms. The molecular weight excluding hydrogens is 310 g/mol. The summed E-state index contributed by atoms with van der Waals surface area (Å²) in [5, 5.41) is 11.5. The Bertz CT molecular complexity index is 462. The first kappa shape index (κ1) is 15.9. The fourth-order valence-corrected chi connectivity index (χ4v) is 1.98. The van der Waals surface area contributed by atoms with Gasteiger partial charge in [-0.2, -0.15) is 0 Å². The van der Waals surface area contributed by atoms with Crippen molar-refractivity contribution in [3.63, 3.8) is 0 Å². The minimum Gasteiger partial charge on any atom is -0.394 e. The summed E-state index contributed by atoms with van der Waals surface area (Å²) in [5.41, 5.74) is 0.587. The number of rotatable bonds is 6. The van der Waals surface area contributed by atoms with Crippen LogP contribution in [0.15, 0.2) is 28.7 Å². The number of carbonyl (C=O) groups is 2. The second-order valence-corrected chi connectivity index (χ2v) is 5.55. The van der Waals surface area contributed by atoms with Crippen molar-refractivity contribution < 1.29 is 14.7 Å². The summed E-state index contributed by atoms with van der Waals surface area (Å²) in [7, 11) is 0. The first-order chi connectivity index (χ1) is 8.93. The van der Waals surface area contributed by atoms with E-state index in [1.165, 1.54) is 0 Å². The molecule has 104 valence electrons. The van der Waals surface area contributed by atoms with Crippen LogP contribution in [0.1, 0.15) is 30.6 Å². The molecule has 0 spiro atoms. The van der Waals surface area contributed by atoms with Gasteiger partial charge in [0.1, 0.15) is 0 Å². The van der Waals surface area contributed by atoms with Gasteiger partial charge < -0.3 is 10.4 Å². The summed E-state index contributed by atoms with van der Waals surface area (Å²) < 4.78 is 0.837. The van der Waals surface area contributed by atoms with Crippen LogP contribution in [0.4, 0.5) is 0 Å². The number of carbonyl (C=O) groups excluding carboxylic acids is 2. The lowest BCUT2D eigenvalue weighted by Gasteiger charge is -2.15. The molecule has 5 heteroatoms. The van der Waals surface area contributed by atoms with Gasteiger partial charge in [0, 0.05) is 28.4 Å². The van der Waals surface area contributed by atoms with Crippen LogP contribution < -0.4 is 5.32 Å². The summed E-state index contributed by atoms with van der Waals surface area (Å²) in [4.78, 5) is 23.8.